The van der Waals surface area contributed by atoms with E-state index in [9.17, 15) is 0 Å². The van der Waals surface area contributed by atoms with Crippen molar-refractivity contribution in [1.29, 1.82) is 0 Å². The average Bonchev–Trinajstić information content (AvgIpc) is 2.30. The minimum atomic E-state index is -1.88. The lowest BCUT2D eigenvalue weighted by atomic mass is 10.1. The second kappa shape index (κ2) is 6.66. The van der Waals surface area contributed by atoms with E-state index in [2.05, 4.69) is 74.7 Å². The number of hydrogen-bond acceptors (Lipinski definition) is 3. The van der Waals surface area contributed by atoms with Gasteiger partial charge in [0.15, 0.2) is 16.6 Å². The predicted octanol–water partition coefficient (Wildman–Crippen LogP) is 5.70. The van der Waals surface area contributed by atoms with Crippen LogP contribution in [0.1, 0.15) is 48.5 Å². The van der Waals surface area contributed by atoms with Gasteiger partial charge in [-0.25, -0.2) is 0 Å². The fourth-order valence-corrected chi connectivity index (χ4v) is 4.61. The molecule has 0 fully saturated rings. The molecule has 1 aliphatic rings. The van der Waals surface area contributed by atoms with E-state index in [4.69, 9.17) is 13.6 Å². The fourth-order valence-electron chi connectivity index (χ4n) is 2.00. The van der Waals surface area contributed by atoms with E-state index in [0.717, 1.165) is 0 Å². The predicted molar refractivity (Wildman–Crippen MR) is 104 cm³/mol. The van der Waals surface area contributed by atoms with Gasteiger partial charge >= 0.3 is 0 Å². The zero-order valence-electron chi connectivity index (χ0n) is 17.1. The fraction of sp³-hybridized carbons (Fsp3) is 0.889. The molecule has 0 unspecified atom stereocenters. The van der Waals surface area contributed by atoms with Crippen LogP contribution in [0, 0.1) is 0 Å². The van der Waals surface area contributed by atoms with Crippen LogP contribution in [0.25, 0.3) is 0 Å². The summed E-state index contributed by atoms with van der Waals surface area (Å²) in [6, 6.07) is 0. The van der Waals surface area contributed by atoms with E-state index < -0.39 is 16.6 Å². The molecule has 0 aliphatic carbocycles. The van der Waals surface area contributed by atoms with Crippen molar-refractivity contribution in [2.45, 2.75) is 103 Å². The first-order chi connectivity index (χ1) is 10.1. The number of hydrogen-bond donors (Lipinski definition) is 0. The summed E-state index contributed by atoms with van der Waals surface area (Å²) in [5.74, 6) is 0. The van der Waals surface area contributed by atoms with Gasteiger partial charge in [0, 0.05) is 0 Å². The van der Waals surface area contributed by atoms with E-state index in [1.165, 1.54) is 0 Å². The molecule has 0 aromatic heterocycles. The molecule has 0 saturated heterocycles. The zero-order chi connectivity index (χ0) is 18.3. The summed E-state index contributed by atoms with van der Waals surface area (Å²) in [4.78, 5) is 0. The molecular formula is C18H38O3Si2. The molecule has 1 aliphatic heterocycles. The number of rotatable bonds is 4. The van der Waals surface area contributed by atoms with E-state index in [1.807, 2.05) is 6.08 Å². The van der Waals surface area contributed by atoms with Crippen LogP contribution in [0.4, 0.5) is 0 Å². The highest BCUT2D eigenvalue weighted by Crippen LogP contribution is 2.41. The smallest absolute Gasteiger partial charge is 0.193 e. The molecule has 136 valence electrons. The maximum atomic E-state index is 6.69. The topological polar surface area (TPSA) is 27.7 Å². The molecule has 0 aromatic rings. The van der Waals surface area contributed by atoms with E-state index in [-0.39, 0.29) is 28.4 Å². The quantitative estimate of drug-likeness (QED) is 0.603. The summed E-state index contributed by atoms with van der Waals surface area (Å²) in [7, 11) is -3.73. The van der Waals surface area contributed by atoms with Gasteiger partial charge in [-0.15, -0.1) is 0 Å². The van der Waals surface area contributed by atoms with Gasteiger partial charge in [0.25, 0.3) is 0 Å². The highest BCUT2D eigenvalue weighted by Gasteiger charge is 2.46. The zero-order valence-corrected chi connectivity index (χ0v) is 19.1. The van der Waals surface area contributed by atoms with Crippen LogP contribution >= 0.6 is 0 Å². The van der Waals surface area contributed by atoms with Crippen LogP contribution in [0.15, 0.2) is 12.3 Å². The van der Waals surface area contributed by atoms with Gasteiger partial charge in [0.05, 0.1) is 12.4 Å². The van der Waals surface area contributed by atoms with Crippen LogP contribution in [0.2, 0.25) is 36.3 Å². The summed E-state index contributed by atoms with van der Waals surface area (Å²) in [5, 5.41) is 0.360. The molecule has 3 atom stereocenters. The van der Waals surface area contributed by atoms with Crippen LogP contribution in [-0.4, -0.2) is 34.9 Å². The highest BCUT2D eigenvalue weighted by molar-refractivity contribution is 6.74. The van der Waals surface area contributed by atoms with Crippen molar-refractivity contribution < 1.29 is 13.6 Å². The lowest BCUT2D eigenvalue weighted by molar-refractivity contribution is -0.0422. The Kier molecular flexibility index (Phi) is 6.06. The monoisotopic (exact) mass is 358 g/mol. The molecule has 0 bridgehead atoms. The lowest BCUT2D eigenvalue weighted by Crippen LogP contribution is -2.55. The Morgan fingerprint density at radius 2 is 1.26 bits per heavy atom. The summed E-state index contributed by atoms with van der Waals surface area (Å²) >= 11 is 0. The molecule has 5 heteroatoms. The van der Waals surface area contributed by atoms with Gasteiger partial charge in [0.2, 0.25) is 0 Å². The molecule has 0 spiro atoms. The molecule has 3 nitrogen and oxygen atoms in total. The van der Waals surface area contributed by atoms with Crippen molar-refractivity contribution in [3.05, 3.63) is 12.3 Å². The molecule has 0 N–H and O–H groups in total. The third-order valence-corrected chi connectivity index (χ3v) is 14.8. The Hall–Kier alpha value is -0.106. The van der Waals surface area contributed by atoms with Crippen molar-refractivity contribution in [2.24, 2.45) is 0 Å². The number of ether oxygens (including phenoxy) is 1. The second-order valence-corrected chi connectivity index (χ2v) is 19.4. The maximum absolute atomic E-state index is 6.69. The molecule has 0 radical (unpaired) electrons. The first-order valence-corrected chi connectivity index (χ1v) is 14.6. The maximum Gasteiger partial charge on any atom is 0.193 e. The van der Waals surface area contributed by atoms with Crippen molar-refractivity contribution in [3.63, 3.8) is 0 Å². The summed E-state index contributed by atoms with van der Waals surface area (Å²) in [6.45, 7) is 24.9. The molecule has 23 heavy (non-hydrogen) atoms. The van der Waals surface area contributed by atoms with Crippen LogP contribution in [0.5, 0.6) is 0 Å². The van der Waals surface area contributed by atoms with Crippen molar-refractivity contribution >= 4 is 16.6 Å². The van der Waals surface area contributed by atoms with E-state index >= 15 is 0 Å². The minimum absolute atomic E-state index is 0.0175. The average molecular weight is 359 g/mol. The molecular weight excluding hydrogens is 320 g/mol. The molecule has 0 saturated carbocycles. The molecule has 1 rings (SSSR count). The van der Waals surface area contributed by atoms with E-state index in [1.54, 1.807) is 6.26 Å². The standard InChI is InChI=1S/C18H38O3Si2/c1-14-16(21-23(10,11)18(5,6)7)15(12-13-19-14)20-22(8,9)17(2,3)4/h12-16H,1-11H3/t14-,15-,16+/m1/s1. The Bertz CT molecular complexity index is 431. The third kappa shape index (κ3) is 4.94. The molecule has 0 aromatic carbocycles. The third-order valence-electron chi connectivity index (χ3n) is 5.82. The second-order valence-electron chi connectivity index (χ2n) is 9.86. The van der Waals surface area contributed by atoms with Gasteiger partial charge in [-0.1, -0.05) is 41.5 Å². The Morgan fingerprint density at radius 1 is 0.826 bits per heavy atom. The Labute approximate surface area is 146 Å². The first-order valence-electron chi connectivity index (χ1n) is 8.76. The summed E-state index contributed by atoms with van der Waals surface area (Å²) in [6.07, 6.45) is 3.79. The summed E-state index contributed by atoms with van der Waals surface area (Å²) in [5.41, 5.74) is 0. The highest BCUT2D eigenvalue weighted by atomic mass is 28.4. The SMILES string of the molecule is C[C@H]1OC=C[C@@H](O[Si](C)(C)C(C)(C)C)[C@H]1O[Si](C)(C)C(C)(C)C. The van der Waals surface area contributed by atoms with E-state index in [0.29, 0.717) is 0 Å². The van der Waals surface area contributed by atoms with Gasteiger partial charge in [0.1, 0.15) is 12.2 Å². The van der Waals surface area contributed by atoms with Crippen LogP contribution < -0.4 is 0 Å². The molecule has 0 amide bonds. The van der Waals surface area contributed by atoms with Gasteiger partial charge in [-0.2, -0.15) is 0 Å². The van der Waals surface area contributed by atoms with Crippen molar-refractivity contribution in [3.8, 4) is 0 Å². The van der Waals surface area contributed by atoms with Gasteiger partial charge in [-0.05, 0) is 49.3 Å². The van der Waals surface area contributed by atoms with Crippen molar-refractivity contribution in [2.75, 3.05) is 0 Å². The Balaban J connectivity index is 3.01. The largest absolute Gasteiger partial charge is 0.496 e. The molecule has 1 heterocycles. The minimum Gasteiger partial charge on any atom is -0.496 e. The van der Waals surface area contributed by atoms with Gasteiger partial charge in [-0.3, -0.25) is 0 Å². The first kappa shape index (κ1) is 20.9. The van der Waals surface area contributed by atoms with Gasteiger partial charge < -0.3 is 13.6 Å². The Morgan fingerprint density at radius 3 is 1.70 bits per heavy atom. The lowest BCUT2D eigenvalue weighted by Gasteiger charge is -2.46. The normalized spacial score (nSPS) is 27.0. The van der Waals surface area contributed by atoms with Crippen LogP contribution in [0.3, 0.4) is 0 Å². The summed E-state index contributed by atoms with van der Waals surface area (Å²) < 4.78 is 19.1. The van der Waals surface area contributed by atoms with Crippen LogP contribution in [-0.2, 0) is 13.6 Å². The van der Waals surface area contributed by atoms with Crippen molar-refractivity contribution in [1.82, 2.24) is 0 Å².